The van der Waals surface area contributed by atoms with Crippen molar-refractivity contribution in [1.29, 1.82) is 0 Å². The molecule has 1 aliphatic rings. The first-order valence-electron chi connectivity index (χ1n) is 6.26. The van der Waals surface area contributed by atoms with Gasteiger partial charge in [0.25, 0.3) is 0 Å². The molecule has 0 aromatic carbocycles. The highest BCUT2D eigenvalue weighted by atomic mass is 32.1. The van der Waals surface area contributed by atoms with Crippen molar-refractivity contribution in [2.75, 3.05) is 12.3 Å². The van der Waals surface area contributed by atoms with Crippen molar-refractivity contribution >= 4 is 22.4 Å². The number of ether oxygens (including phenoxy) is 1. The molecule has 6 heteroatoms. The van der Waals surface area contributed by atoms with Crippen LogP contribution in [0.1, 0.15) is 30.8 Å². The zero-order chi connectivity index (χ0) is 13.1. The molecule has 100 valence electrons. The van der Waals surface area contributed by atoms with Crippen LogP contribution in [0, 0.1) is 0 Å². The standard InChI is InChI=1S/C12H19N3O2S/c1-3-17-7(2)11(16)14-8-4-5-9-10(6-8)18-12(13)15-9/h7-8H,3-6H2,1-2H3,(H2,13,15)(H,14,16)/t7?,8-/m0/s1. The number of anilines is 1. The zero-order valence-electron chi connectivity index (χ0n) is 10.7. The highest BCUT2D eigenvalue weighted by Crippen LogP contribution is 2.28. The third kappa shape index (κ3) is 3.00. The lowest BCUT2D eigenvalue weighted by Crippen LogP contribution is -2.43. The minimum absolute atomic E-state index is 0.0391. The number of nitrogens with two attached hydrogens (primary N) is 1. The van der Waals surface area contributed by atoms with Crippen molar-refractivity contribution in [1.82, 2.24) is 10.3 Å². The second-order valence-electron chi connectivity index (χ2n) is 4.47. The van der Waals surface area contributed by atoms with E-state index in [2.05, 4.69) is 10.3 Å². The van der Waals surface area contributed by atoms with Crippen molar-refractivity contribution in [3.05, 3.63) is 10.6 Å². The maximum atomic E-state index is 11.8. The van der Waals surface area contributed by atoms with Crippen LogP contribution in [0.25, 0.3) is 0 Å². The first-order valence-corrected chi connectivity index (χ1v) is 7.07. The van der Waals surface area contributed by atoms with Gasteiger partial charge in [0.2, 0.25) is 5.91 Å². The van der Waals surface area contributed by atoms with Gasteiger partial charge in [-0.2, -0.15) is 0 Å². The Morgan fingerprint density at radius 3 is 3.22 bits per heavy atom. The van der Waals surface area contributed by atoms with Gasteiger partial charge in [-0.05, 0) is 26.7 Å². The SMILES string of the molecule is CCOC(C)C(=O)N[C@H]1CCc2nc(N)sc2C1. The van der Waals surface area contributed by atoms with Crippen molar-refractivity contribution < 1.29 is 9.53 Å². The second kappa shape index (κ2) is 5.67. The summed E-state index contributed by atoms with van der Waals surface area (Å²) in [6.07, 6.45) is 2.25. The number of carbonyl (C=O) groups is 1. The Bertz CT molecular complexity index is 433. The number of hydrogen-bond donors (Lipinski definition) is 2. The number of carbonyl (C=O) groups excluding carboxylic acids is 1. The van der Waals surface area contributed by atoms with Crippen LogP contribution >= 0.6 is 11.3 Å². The van der Waals surface area contributed by atoms with E-state index in [1.54, 1.807) is 6.92 Å². The molecule has 1 heterocycles. The van der Waals surface area contributed by atoms with Gasteiger partial charge in [-0.15, -0.1) is 11.3 Å². The van der Waals surface area contributed by atoms with Crippen molar-refractivity contribution in [3.8, 4) is 0 Å². The molecule has 5 nitrogen and oxygen atoms in total. The molecular weight excluding hydrogens is 250 g/mol. The molecule has 0 saturated heterocycles. The summed E-state index contributed by atoms with van der Waals surface area (Å²) in [4.78, 5) is 17.3. The molecule has 1 aromatic rings. The summed E-state index contributed by atoms with van der Waals surface area (Å²) in [5, 5.41) is 3.65. The molecule has 0 spiro atoms. The molecule has 0 radical (unpaired) electrons. The number of nitrogen functional groups attached to an aromatic ring is 1. The number of fused-ring (bicyclic) bond motifs is 1. The first kappa shape index (κ1) is 13.3. The van der Waals surface area contributed by atoms with Gasteiger partial charge in [0.1, 0.15) is 6.10 Å². The van der Waals surface area contributed by atoms with E-state index in [0.29, 0.717) is 11.7 Å². The molecule has 1 amide bonds. The van der Waals surface area contributed by atoms with Gasteiger partial charge in [-0.25, -0.2) is 4.98 Å². The highest BCUT2D eigenvalue weighted by molar-refractivity contribution is 7.15. The summed E-state index contributed by atoms with van der Waals surface area (Å²) < 4.78 is 5.28. The van der Waals surface area contributed by atoms with Crippen LogP contribution in [0.15, 0.2) is 0 Å². The fourth-order valence-corrected chi connectivity index (χ4v) is 3.12. The molecule has 0 saturated carbocycles. The lowest BCUT2D eigenvalue weighted by atomic mass is 9.97. The predicted octanol–water partition coefficient (Wildman–Crippen LogP) is 1.12. The number of nitrogens with zero attached hydrogens (tertiary/aromatic N) is 1. The molecular formula is C12H19N3O2S. The summed E-state index contributed by atoms with van der Waals surface area (Å²) in [6.45, 7) is 4.21. The van der Waals surface area contributed by atoms with Gasteiger partial charge >= 0.3 is 0 Å². The quantitative estimate of drug-likeness (QED) is 0.859. The average Bonchev–Trinajstić information content (AvgIpc) is 2.68. The third-order valence-electron chi connectivity index (χ3n) is 3.09. The number of rotatable bonds is 4. The van der Waals surface area contributed by atoms with E-state index >= 15 is 0 Å². The fraction of sp³-hybridized carbons (Fsp3) is 0.667. The number of aryl methyl sites for hydroxylation is 1. The molecule has 1 aromatic heterocycles. The summed E-state index contributed by atoms with van der Waals surface area (Å²) in [5.41, 5.74) is 6.79. The van der Waals surface area contributed by atoms with Crippen LogP contribution in [-0.4, -0.2) is 29.6 Å². The predicted molar refractivity (Wildman–Crippen MR) is 71.6 cm³/mol. The van der Waals surface area contributed by atoms with Crippen LogP contribution in [0.3, 0.4) is 0 Å². The van der Waals surface area contributed by atoms with Crippen molar-refractivity contribution in [2.24, 2.45) is 0 Å². The molecule has 1 unspecified atom stereocenters. The van der Waals surface area contributed by atoms with E-state index in [1.165, 1.54) is 16.2 Å². The Kier molecular flexibility index (Phi) is 4.19. The highest BCUT2D eigenvalue weighted by Gasteiger charge is 2.24. The maximum absolute atomic E-state index is 11.8. The molecule has 1 aliphatic carbocycles. The summed E-state index contributed by atoms with van der Waals surface area (Å²) in [6, 6.07) is 0.174. The number of thiazole rings is 1. The molecule has 2 atom stereocenters. The van der Waals surface area contributed by atoms with Crippen LogP contribution in [0.5, 0.6) is 0 Å². The van der Waals surface area contributed by atoms with E-state index in [9.17, 15) is 4.79 Å². The van der Waals surface area contributed by atoms with E-state index in [1.807, 2.05) is 6.92 Å². The normalized spacial score (nSPS) is 20.2. The monoisotopic (exact) mass is 269 g/mol. The summed E-state index contributed by atoms with van der Waals surface area (Å²) in [5.74, 6) is -0.0391. The van der Waals surface area contributed by atoms with E-state index < -0.39 is 0 Å². The van der Waals surface area contributed by atoms with Gasteiger partial charge in [0.15, 0.2) is 5.13 Å². The minimum atomic E-state index is -0.386. The molecule has 0 fully saturated rings. The Labute approximate surface area is 111 Å². The largest absolute Gasteiger partial charge is 0.375 e. The van der Waals surface area contributed by atoms with E-state index in [0.717, 1.165) is 25.0 Å². The van der Waals surface area contributed by atoms with Crippen molar-refractivity contribution in [3.63, 3.8) is 0 Å². The van der Waals surface area contributed by atoms with Crippen LogP contribution in [0.2, 0.25) is 0 Å². The van der Waals surface area contributed by atoms with E-state index in [4.69, 9.17) is 10.5 Å². The van der Waals surface area contributed by atoms with Gasteiger partial charge < -0.3 is 15.8 Å². The Morgan fingerprint density at radius 1 is 1.72 bits per heavy atom. The zero-order valence-corrected chi connectivity index (χ0v) is 11.5. The van der Waals surface area contributed by atoms with Crippen LogP contribution < -0.4 is 11.1 Å². The molecule has 0 bridgehead atoms. The summed E-state index contributed by atoms with van der Waals surface area (Å²) >= 11 is 1.52. The topological polar surface area (TPSA) is 77.2 Å². The van der Waals surface area contributed by atoms with Gasteiger partial charge in [-0.3, -0.25) is 4.79 Å². The Balaban J connectivity index is 1.91. The smallest absolute Gasteiger partial charge is 0.249 e. The van der Waals surface area contributed by atoms with E-state index in [-0.39, 0.29) is 18.1 Å². The molecule has 3 N–H and O–H groups in total. The lowest BCUT2D eigenvalue weighted by Gasteiger charge is -2.23. The minimum Gasteiger partial charge on any atom is -0.375 e. The van der Waals surface area contributed by atoms with Gasteiger partial charge in [0.05, 0.1) is 5.69 Å². The second-order valence-corrected chi connectivity index (χ2v) is 5.58. The number of aromatic nitrogens is 1. The third-order valence-corrected chi connectivity index (χ3v) is 4.04. The van der Waals surface area contributed by atoms with Crippen LogP contribution in [0.4, 0.5) is 5.13 Å². The average molecular weight is 269 g/mol. The number of nitrogens with one attached hydrogen (secondary N) is 1. The van der Waals surface area contributed by atoms with Gasteiger partial charge in [-0.1, -0.05) is 0 Å². The Hall–Kier alpha value is -1.14. The Morgan fingerprint density at radius 2 is 2.50 bits per heavy atom. The van der Waals surface area contributed by atoms with Crippen molar-refractivity contribution in [2.45, 2.75) is 45.3 Å². The number of hydrogen-bond acceptors (Lipinski definition) is 5. The van der Waals surface area contributed by atoms with Gasteiger partial charge in [0, 0.05) is 23.9 Å². The lowest BCUT2D eigenvalue weighted by molar-refractivity contribution is -0.132. The maximum Gasteiger partial charge on any atom is 0.249 e. The molecule has 18 heavy (non-hydrogen) atoms. The first-order chi connectivity index (χ1) is 8.60. The fourth-order valence-electron chi connectivity index (χ4n) is 2.16. The number of amides is 1. The summed E-state index contributed by atoms with van der Waals surface area (Å²) in [7, 11) is 0. The van der Waals surface area contributed by atoms with Crippen LogP contribution in [-0.2, 0) is 22.4 Å². The molecule has 0 aliphatic heterocycles. The molecule has 2 rings (SSSR count).